The van der Waals surface area contributed by atoms with E-state index in [1.165, 1.54) is 16.9 Å². The Morgan fingerprint density at radius 1 is 1.07 bits per heavy atom. The first kappa shape index (κ1) is 19.9. The lowest BCUT2D eigenvalue weighted by Crippen LogP contribution is -2.33. The Hall–Kier alpha value is -2.85. The molecule has 6 nitrogen and oxygen atoms in total. The maximum atomic E-state index is 12.4. The number of alkyl halides is 3. The summed E-state index contributed by atoms with van der Waals surface area (Å²) < 4.78 is 67.3. The number of carbonyl (C=O) groups excluding carboxylic acids is 1. The lowest BCUT2D eigenvalue weighted by atomic mass is 10.1. The number of hydrogen-bond acceptors (Lipinski definition) is 4. The second kappa shape index (κ2) is 7.28. The fourth-order valence-corrected chi connectivity index (χ4v) is 3.57. The van der Waals surface area contributed by atoms with E-state index >= 15 is 0 Å². The Morgan fingerprint density at radius 2 is 1.71 bits per heavy atom. The van der Waals surface area contributed by atoms with Crippen LogP contribution in [0.15, 0.2) is 57.8 Å². The van der Waals surface area contributed by atoms with Crippen LogP contribution >= 0.6 is 0 Å². The van der Waals surface area contributed by atoms with Gasteiger partial charge in [0, 0.05) is 16.6 Å². The lowest BCUT2D eigenvalue weighted by molar-refractivity contribution is -0.121. The first-order valence-electron chi connectivity index (χ1n) is 8.03. The Morgan fingerprint density at radius 3 is 2.32 bits per heavy atom. The molecule has 0 bridgehead atoms. The van der Waals surface area contributed by atoms with Crippen LogP contribution in [-0.4, -0.2) is 27.0 Å². The van der Waals surface area contributed by atoms with Gasteiger partial charge in [-0.25, -0.2) is 13.1 Å². The highest BCUT2D eigenvalue weighted by Crippen LogP contribution is 2.26. The third-order valence-corrected chi connectivity index (χ3v) is 5.35. The molecule has 0 aliphatic carbocycles. The van der Waals surface area contributed by atoms with Gasteiger partial charge in [0.1, 0.15) is 12.1 Å². The first-order valence-corrected chi connectivity index (χ1v) is 9.51. The Kier molecular flexibility index (Phi) is 5.18. The number of nitrogens with one attached hydrogen (secondary N) is 2. The van der Waals surface area contributed by atoms with E-state index in [4.69, 9.17) is 4.42 Å². The van der Waals surface area contributed by atoms with Crippen LogP contribution in [0.4, 0.5) is 18.9 Å². The molecule has 0 fully saturated rings. The van der Waals surface area contributed by atoms with E-state index in [9.17, 15) is 26.4 Å². The molecule has 2 N–H and O–H groups in total. The summed E-state index contributed by atoms with van der Waals surface area (Å²) in [5, 5.41) is 3.36. The van der Waals surface area contributed by atoms with Gasteiger partial charge in [-0.3, -0.25) is 4.79 Å². The molecule has 1 heterocycles. The Bertz CT molecular complexity index is 1120. The van der Waals surface area contributed by atoms with E-state index in [0.29, 0.717) is 11.1 Å². The molecule has 1 aromatic heterocycles. The highest BCUT2D eigenvalue weighted by molar-refractivity contribution is 7.89. The quantitative estimate of drug-likeness (QED) is 0.667. The number of carbonyl (C=O) groups is 1. The largest absolute Gasteiger partial charge is 0.451 e. The smallest absolute Gasteiger partial charge is 0.402 e. The number of rotatable bonds is 5. The van der Waals surface area contributed by atoms with Gasteiger partial charge in [0.2, 0.25) is 10.0 Å². The number of anilines is 1. The SMILES string of the molecule is Cc1c(C(=O)Nc2ccc(S(=O)(=O)NCC(F)(F)F)cc2)oc2ccccc12. The van der Waals surface area contributed by atoms with Gasteiger partial charge in [-0.2, -0.15) is 13.2 Å². The van der Waals surface area contributed by atoms with Crippen molar-refractivity contribution >= 4 is 32.6 Å². The van der Waals surface area contributed by atoms with E-state index in [1.54, 1.807) is 19.1 Å². The van der Waals surface area contributed by atoms with Crippen LogP contribution < -0.4 is 10.0 Å². The minimum Gasteiger partial charge on any atom is -0.451 e. The topological polar surface area (TPSA) is 88.4 Å². The van der Waals surface area contributed by atoms with Crippen LogP contribution in [0.2, 0.25) is 0 Å². The zero-order valence-corrected chi connectivity index (χ0v) is 15.3. The molecular formula is C18H15F3N2O4S. The fourth-order valence-electron chi connectivity index (χ4n) is 2.56. The van der Waals surface area contributed by atoms with Crippen molar-refractivity contribution in [2.45, 2.75) is 18.0 Å². The molecule has 0 aliphatic rings. The van der Waals surface area contributed by atoms with Crippen molar-refractivity contribution in [1.29, 1.82) is 0 Å². The standard InChI is InChI=1S/C18H15F3N2O4S/c1-11-14-4-2-3-5-15(14)27-16(11)17(24)23-12-6-8-13(9-7-12)28(25,26)22-10-18(19,20)21/h2-9,22H,10H2,1H3,(H,23,24). The summed E-state index contributed by atoms with van der Waals surface area (Å²) in [6.45, 7) is 0.0713. The molecule has 0 spiro atoms. The highest BCUT2D eigenvalue weighted by atomic mass is 32.2. The second-order valence-electron chi connectivity index (χ2n) is 5.97. The molecule has 0 radical (unpaired) electrons. The van der Waals surface area contributed by atoms with E-state index in [1.807, 2.05) is 12.1 Å². The van der Waals surface area contributed by atoms with Gasteiger partial charge in [-0.1, -0.05) is 18.2 Å². The number of sulfonamides is 1. The van der Waals surface area contributed by atoms with Gasteiger partial charge in [-0.15, -0.1) is 0 Å². The molecule has 0 unspecified atom stereocenters. The van der Waals surface area contributed by atoms with Gasteiger partial charge in [-0.05, 0) is 37.3 Å². The number of benzene rings is 2. The average Bonchev–Trinajstić information content (AvgIpc) is 2.97. The van der Waals surface area contributed by atoms with Gasteiger partial charge in [0.05, 0.1) is 4.90 Å². The van der Waals surface area contributed by atoms with Crippen molar-refractivity contribution in [3.63, 3.8) is 0 Å². The lowest BCUT2D eigenvalue weighted by Gasteiger charge is -2.10. The fraction of sp³-hybridized carbons (Fsp3) is 0.167. The normalized spacial score (nSPS) is 12.3. The third kappa shape index (κ3) is 4.34. The number of amides is 1. The van der Waals surface area contributed by atoms with Crippen molar-refractivity contribution in [2.24, 2.45) is 0 Å². The number of para-hydroxylation sites is 1. The molecule has 0 atom stereocenters. The van der Waals surface area contributed by atoms with E-state index in [-0.39, 0.29) is 16.3 Å². The molecule has 3 aromatic rings. The van der Waals surface area contributed by atoms with Gasteiger partial charge in [0.25, 0.3) is 5.91 Å². The molecule has 148 valence electrons. The zero-order valence-electron chi connectivity index (χ0n) is 14.5. The molecule has 0 saturated heterocycles. The number of hydrogen-bond donors (Lipinski definition) is 2. The van der Waals surface area contributed by atoms with Gasteiger partial charge >= 0.3 is 6.18 Å². The van der Waals surface area contributed by atoms with Crippen molar-refractivity contribution in [3.8, 4) is 0 Å². The van der Waals surface area contributed by atoms with Crippen LogP contribution in [0.5, 0.6) is 0 Å². The average molecular weight is 412 g/mol. The minimum absolute atomic E-state index is 0.116. The summed E-state index contributed by atoms with van der Waals surface area (Å²) in [6, 6.07) is 11.9. The first-order chi connectivity index (χ1) is 13.1. The van der Waals surface area contributed by atoms with Crippen molar-refractivity contribution in [3.05, 3.63) is 59.9 Å². The summed E-state index contributed by atoms with van der Waals surface area (Å²) in [6.07, 6.45) is -4.66. The maximum Gasteiger partial charge on any atom is 0.402 e. The van der Waals surface area contributed by atoms with Crippen LogP contribution in [0.3, 0.4) is 0 Å². The number of aryl methyl sites for hydroxylation is 1. The summed E-state index contributed by atoms with van der Waals surface area (Å²) in [5.41, 5.74) is 1.48. The minimum atomic E-state index is -4.66. The van der Waals surface area contributed by atoms with E-state index in [0.717, 1.165) is 17.5 Å². The van der Waals surface area contributed by atoms with Crippen molar-refractivity contribution in [2.75, 3.05) is 11.9 Å². The monoisotopic (exact) mass is 412 g/mol. The van der Waals surface area contributed by atoms with Crippen LogP contribution in [0, 0.1) is 6.92 Å². The summed E-state index contributed by atoms with van der Waals surface area (Å²) in [5.74, 6) is -0.413. The molecule has 2 aromatic carbocycles. The van der Waals surface area contributed by atoms with E-state index < -0.39 is 28.7 Å². The predicted octanol–water partition coefficient (Wildman–Crippen LogP) is 3.83. The van der Waals surface area contributed by atoms with Crippen LogP contribution in [0.25, 0.3) is 11.0 Å². The summed E-state index contributed by atoms with van der Waals surface area (Å²) in [4.78, 5) is 12.1. The molecule has 3 rings (SSSR count). The molecule has 0 aliphatic heterocycles. The molecule has 28 heavy (non-hydrogen) atoms. The van der Waals surface area contributed by atoms with Crippen LogP contribution in [-0.2, 0) is 10.0 Å². The number of fused-ring (bicyclic) bond motifs is 1. The summed E-state index contributed by atoms with van der Waals surface area (Å²) >= 11 is 0. The van der Waals surface area contributed by atoms with Crippen molar-refractivity contribution in [1.82, 2.24) is 4.72 Å². The van der Waals surface area contributed by atoms with Gasteiger partial charge < -0.3 is 9.73 Å². The predicted molar refractivity (Wildman–Crippen MR) is 96.6 cm³/mol. The molecule has 1 amide bonds. The number of halogens is 3. The maximum absolute atomic E-state index is 12.4. The second-order valence-corrected chi connectivity index (χ2v) is 7.74. The Labute approximate surface area is 158 Å². The molecule has 10 heteroatoms. The zero-order chi connectivity index (χ0) is 20.5. The van der Waals surface area contributed by atoms with Crippen LogP contribution in [0.1, 0.15) is 16.1 Å². The number of furan rings is 1. The Balaban J connectivity index is 1.75. The molecular weight excluding hydrogens is 397 g/mol. The molecule has 0 saturated carbocycles. The van der Waals surface area contributed by atoms with Gasteiger partial charge in [0.15, 0.2) is 5.76 Å². The van der Waals surface area contributed by atoms with E-state index in [2.05, 4.69) is 5.32 Å². The summed E-state index contributed by atoms with van der Waals surface area (Å²) in [7, 11) is -4.32. The van der Waals surface area contributed by atoms with Crippen molar-refractivity contribution < 1.29 is 30.8 Å². The highest BCUT2D eigenvalue weighted by Gasteiger charge is 2.30. The third-order valence-electron chi connectivity index (χ3n) is 3.94.